The minimum atomic E-state index is -4.69. The highest BCUT2D eigenvalue weighted by molar-refractivity contribution is 5.84. The van der Waals surface area contributed by atoms with E-state index >= 15 is 0 Å². The fraction of sp³-hybridized carbons (Fsp3) is 0.318. The molecule has 4 rings (SSSR count). The van der Waals surface area contributed by atoms with Gasteiger partial charge in [0.1, 0.15) is 11.6 Å². The summed E-state index contributed by atoms with van der Waals surface area (Å²) in [5, 5.41) is 0. The lowest BCUT2D eigenvalue weighted by Crippen LogP contribution is -2.23. The molecule has 0 saturated heterocycles. The summed E-state index contributed by atoms with van der Waals surface area (Å²) in [5.74, 6) is -3.07. The van der Waals surface area contributed by atoms with Crippen molar-refractivity contribution in [1.82, 2.24) is 9.97 Å². The molecule has 1 aromatic heterocycles. The van der Waals surface area contributed by atoms with Crippen LogP contribution in [0, 0.1) is 11.7 Å². The van der Waals surface area contributed by atoms with E-state index in [0.29, 0.717) is 29.7 Å². The molecule has 1 N–H and O–H groups in total. The molecule has 30 heavy (non-hydrogen) atoms. The number of nitrogens with zero attached hydrogens (tertiary/aromatic N) is 1. The fourth-order valence-electron chi connectivity index (χ4n) is 3.80. The molecule has 0 radical (unpaired) electrons. The second kappa shape index (κ2) is 7.49. The van der Waals surface area contributed by atoms with Crippen LogP contribution in [-0.2, 0) is 6.18 Å². The van der Waals surface area contributed by atoms with Gasteiger partial charge in [-0.25, -0.2) is 18.2 Å². The summed E-state index contributed by atoms with van der Waals surface area (Å²) in [6.07, 6.45) is -0.679. The van der Waals surface area contributed by atoms with Crippen molar-refractivity contribution in [3.63, 3.8) is 0 Å². The van der Waals surface area contributed by atoms with Crippen LogP contribution in [-0.4, -0.2) is 15.9 Å². The van der Waals surface area contributed by atoms with E-state index in [1.54, 1.807) is 12.1 Å². The van der Waals surface area contributed by atoms with Gasteiger partial charge in [-0.05, 0) is 54.7 Å². The Labute approximate surface area is 168 Å². The first-order valence-electron chi connectivity index (χ1n) is 9.54. The van der Waals surface area contributed by atoms with Crippen molar-refractivity contribution in [3.8, 4) is 11.1 Å². The molecule has 3 aromatic rings. The Morgan fingerprint density at radius 1 is 1.07 bits per heavy atom. The van der Waals surface area contributed by atoms with Crippen molar-refractivity contribution >= 4 is 17.1 Å². The van der Waals surface area contributed by atoms with Crippen LogP contribution < -0.4 is 0 Å². The third kappa shape index (κ3) is 4.22. The fourth-order valence-corrected chi connectivity index (χ4v) is 3.80. The van der Waals surface area contributed by atoms with E-state index in [9.17, 15) is 26.3 Å². The van der Waals surface area contributed by atoms with Gasteiger partial charge in [0.25, 0.3) is 0 Å². The van der Waals surface area contributed by atoms with Crippen molar-refractivity contribution in [2.75, 3.05) is 0 Å². The number of alkyl halides is 5. The standard InChI is InChI=1S/C22H18F6N2/c23-16-3-1-2-15(22(26,27)28)20(16)14-5-6-17-18(12-14)30-19(29-17)7-4-13-8-10-21(24,25)11-9-13/h1-7,12-13H,8-11H2,(H,29,30)/b7-4+. The van der Waals surface area contributed by atoms with Crippen LogP contribution in [0.1, 0.15) is 37.1 Å². The molecule has 0 aliphatic heterocycles. The minimum Gasteiger partial charge on any atom is -0.338 e. The number of aromatic amines is 1. The first-order valence-corrected chi connectivity index (χ1v) is 9.54. The van der Waals surface area contributed by atoms with Gasteiger partial charge >= 0.3 is 6.18 Å². The van der Waals surface area contributed by atoms with Gasteiger partial charge in [-0.2, -0.15) is 13.2 Å². The zero-order chi connectivity index (χ0) is 21.5. The normalized spacial score (nSPS) is 17.8. The van der Waals surface area contributed by atoms with Crippen LogP contribution in [0.25, 0.3) is 28.2 Å². The number of imidazole rings is 1. The van der Waals surface area contributed by atoms with Gasteiger partial charge in [0.05, 0.1) is 16.6 Å². The van der Waals surface area contributed by atoms with E-state index in [-0.39, 0.29) is 24.3 Å². The summed E-state index contributed by atoms with van der Waals surface area (Å²) in [7, 11) is 0. The number of benzene rings is 2. The molecule has 8 heteroatoms. The van der Waals surface area contributed by atoms with E-state index in [0.717, 1.165) is 18.2 Å². The quantitative estimate of drug-likeness (QED) is 0.442. The Hall–Kier alpha value is -2.77. The number of nitrogens with one attached hydrogen (secondary N) is 1. The molecular formula is C22H18F6N2. The molecule has 2 aromatic carbocycles. The van der Waals surface area contributed by atoms with Gasteiger partial charge < -0.3 is 4.98 Å². The molecule has 1 heterocycles. The van der Waals surface area contributed by atoms with E-state index in [2.05, 4.69) is 9.97 Å². The highest BCUT2D eigenvalue weighted by Crippen LogP contribution is 2.39. The first kappa shape index (κ1) is 20.5. The molecule has 0 spiro atoms. The number of halogens is 6. The number of fused-ring (bicyclic) bond motifs is 1. The topological polar surface area (TPSA) is 28.7 Å². The van der Waals surface area contributed by atoms with Gasteiger partial charge in [-0.1, -0.05) is 18.2 Å². The predicted molar refractivity (Wildman–Crippen MR) is 102 cm³/mol. The van der Waals surface area contributed by atoms with Gasteiger partial charge in [0.2, 0.25) is 5.92 Å². The molecule has 1 aliphatic rings. The number of rotatable bonds is 3. The molecule has 0 unspecified atom stereocenters. The number of H-pyrrole nitrogens is 1. The van der Waals surface area contributed by atoms with Crippen molar-refractivity contribution in [3.05, 3.63) is 59.7 Å². The van der Waals surface area contributed by atoms with Crippen LogP contribution in [0.4, 0.5) is 26.3 Å². The Morgan fingerprint density at radius 2 is 1.80 bits per heavy atom. The van der Waals surface area contributed by atoms with Gasteiger partial charge in [0.15, 0.2) is 0 Å². The maximum Gasteiger partial charge on any atom is 0.417 e. The van der Waals surface area contributed by atoms with Crippen molar-refractivity contribution in [1.29, 1.82) is 0 Å². The van der Waals surface area contributed by atoms with E-state index in [1.165, 1.54) is 12.1 Å². The lowest BCUT2D eigenvalue weighted by Gasteiger charge is -2.26. The lowest BCUT2D eigenvalue weighted by molar-refractivity contribution is -0.137. The SMILES string of the molecule is Fc1cccc(C(F)(F)F)c1-c1ccc2[nH]c(/C=C/C3CCC(F)(F)CC3)nc2c1. The summed E-state index contributed by atoms with van der Waals surface area (Å²) in [4.78, 5) is 7.37. The zero-order valence-electron chi connectivity index (χ0n) is 15.7. The van der Waals surface area contributed by atoms with Gasteiger partial charge in [-0.3, -0.25) is 0 Å². The lowest BCUT2D eigenvalue weighted by atomic mass is 9.86. The molecule has 2 nitrogen and oxygen atoms in total. The summed E-state index contributed by atoms with van der Waals surface area (Å²) in [6.45, 7) is 0. The molecule has 1 saturated carbocycles. The Balaban J connectivity index is 1.62. The van der Waals surface area contributed by atoms with Crippen molar-refractivity contribution in [2.24, 2.45) is 5.92 Å². The number of hydrogen-bond acceptors (Lipinski definition) is 1. The second-order valence-electron chi connectivity index (χ2n) is 7.57. The smallest absolute Gasteiger partial charge is 0.338 e. The number of hydrogen-bond donors (Lipinski definition) is 1. The summed E-state index contributed by atoms with van der Waals surface area (Å²) in [5.41, 5.74) is -0.525. The maximum atomic E-state index is 14.3. The summed E-state index contributed by atoms with van der Waals surface area (Å²) in [6, 6.07) is 7.21. The van der Waals surface area contributed by atoms with Crippen LogP contribution in [0.5, 0.6) is 0 Å². The number of aromatic nitrogens is 2. The van der Waals surface area contributed by atoms with E-state index in [4.69, 9.17) is 0 Å². The predicted octanol–water partition coefficient (Wildman–Crippen LogP) is 7.23. The Bertz CT molecular complexity index is 1090. The molecule has 1 aliphatic carbocycles. The molecule has 0 atom stereocenters. The Morgan fingerprint density at radius 3 is 2.50 bits per heavy atom. The highest BCUT2D eigenvalue weighted by Gasteiger charge is 2.35. The summed E-state index contributed by atoms with van der Waals surface area (Å²) >= 11 is 0. The second-order valence-corrected chi connectivity index (χ2v) is 7.57. The van der Waals surface area contributed by atoms with E-state index < -0.39 is 29.0 Å². The third-order valence-corrected chi connectivity index (χ3v) is 5.40. The molecular weight excluding hydrogens is 406 g/mol. The minimum absolute atomic E-state index is 0.0288. The first-order chi connectivity index (χ1) is 14.1. The summed E-state index contributed by atoms with van der Waals surface area (Å²) < 4.78 is 80.7. The zero-order valence-corrected chi connectivity index (χ0v) is 15.7. The molecule has 0 bridgehead atoms. The average Bonchev–Trinajstić information content (AvgIpc) is 3.08. The van der Waals surface area contributed by atoms with Crippen LogP contribution in [0.3, 0.4) is 0 Å². The average molecular weight is 424 g/mol. The highest BCUT2D eigenvalue weighted by atomic mass is 19.4. The van der Waals surface area contributed by atoms with E-state index in [1.807, 2.05) is 6.08 Å². The van der Waals surface area contributed by atoms with Crippen molar-refractivity contribution in [2.45, 2.75) is 37.8 Å². The molecule has 1 fully saturated rings. The van der Waals surface area contributed by atoms with Gasteiger partial charge in [0, 0.05) is 18.4 Å². The van der Waals surface area contributed by atoms with Gasteiger partial charge in [-0.15, -0.1) is 0 Å². The van der Waals surface area contributed by atoms with Crippen LogP contribution >= 0.6 is 0 Å². The maximum absolute atomic E-state index is 14.3. The largest absolute Gasteiger partial charge is 0.417 e. The van der Waals surface area contributed by atoms with Crippen LogP contribution in [0.2, 0.25) is 0 Å². The monoisotopic (exact) mass is 424 g/mol. The molecule has 0 amide bonds. The third-order valence-electron chi connectivity index (χ3n) is 5.40. The van der Waals surface area contributed by atoms with Crippen LogP contribution in [0.15, 0.2) is 42.5 Å². The Kier molecular flexibility index (Phi) is 5.11. The molecule has 158 valence electrons. The number of allylic oxidation sites excluding steroid dienone is 1. The van der Waals surface area contributed by atoms with Crippen molar-refractivity contribution < 1.29 is 26.3 Å².